The number of hydrogen-bond acceptors (Lipinski definition) is 4. The monoisotopic (exact) mass is 288 g/mol. The number of anilines is 2. The second-order valence-electron chi connectivity index (χ2n) is 4.59. The number of aryl methyl sites for hydroxylation is 1. The van der Waals surface area contributed by atoms with E-state index in [4.69, 9.17) is 5.73 Å². The summed E-state index contributed by atoms with van der Waals surface area (Å²) >= 11 is 1.77. The predicted molar refractivity (Wildman–Crippen MR) is 81.2 cm³/mol. The van der Waals surface area contributed by atoms with Crippen molar-refractivity contribution in [2.24, 2.45) is 0 Å². The van der Waals surface area contributed by atoms with E-state index in [9.17, 15) is 4.79 Å². The highest BCUT2D eigenvalue weighted by molar-refractivity contribution is 7.99. The van der Waals surface area contributed by atoms with Crippen LogP contribution in [0.5, 0.6) is 0 Å². The van der Waals surface area contributed by atoms with Crippen LogP contribution in [0.15, 0.2) is 29.2 Å². The maximum atomic E-state index is 12.7. The Morgan fingerprint density at radius 2 is 2.30 bits per heavy atom. The van der Waals surface area contributed by atoms with Gasteiger partial charge < -0.3 is 10.6 Å². The van der Waals surface area contributed by atoms with Gasteiger partial charge in [-0.05, 0) is 18.6 Å². The number of para-hydroxylation sites is 1. The van der Waals surface area contributed by atoms with Crippen molar-refractivity contribution in [3.05, 3.63) is 35.7 Å². The van der Waals surface area contributed by atoms with Gasteiger partial charge in [0, 0.05) is 17.2 Å². The van der Waals surface area contributed by atoms with Crippen LogP contribution in [0, 0.1) is 0 Å². The average Bonchev–Trinajstić information content (AvgIpc) is 2.87. The number of hydrogen-bond donors (Lipinski definition) is 2. The van der Waals surface area contributed by atoms with Crippen LogP contribution in [-0.4, -0.2) is 28.4 Å². The number of thioether (sulfide) groups is 1. The van der Waals surface area contributed by atoms with Crippen molar-refractivity contribution in [3.63, 3.8) is 0 Å². The van der Waals surface area contributed by atoms with E-state index in [0.29, 0.717) is 17.9 Å². The lowest BCUT2D eigenvalue weighted by Gasteiger charge is -2.28. The van der Waals surface area contributed by atoms with Gasteiger partial charge in [-0.15, -0.1) is 11.8 Å². The fraction of sp³-hybridized carbons (Fsp3) is 0.286. The van der Waals surface area contributed by atoms with E-state index in [1.807, 2.05) is 31.2 Å². The van der Waals surface area contributed by atoms with E-state index in [2.05, 4.69) is 10.2 Å². The van der Waals surface area contributed by atoms with Crippen molar-refractivity contribution in [2.45, 2.75) is 18.2 Å². The van der Waals surface area contributed by atoms with Crippen LogP contribution in [-0.2, 0) is 6.42 Å². The van der Waals surface area contributed by atoms with Crippen LogP contribution in [0.1, 0.15) is 23.1 Å². The lowest BCUT2D eigenvalue weighted by atomic mass is 10.2. The van der Waals surface area contributed by atoms with Crippen LogP contribution < -0.4 is 10.6 Å². The standard InChI is InChI=1S/C14H16N4OS/c1-2-9-12(15)13(17-16-9)14(19)18-7-8-20-11-6-4-3-5-10(11)18/h3-6H,2,7-8,15H2,1H3,(H,16,17). The normalized spacial score (nSPS) is 14.2. The minimum atomic E-state index is -0.133. The fourth-order valence-electron chi connectivity index (χ4n) is 2.33. The maximum absolute atomic E-state index is 12.7. The second-order valence-corrected chi connectivity index (χ2v) is 5.73. The summed E-state index contributed by atoms with van der Waals surface area (Å²) in [6.07, 6.45) is 0.735. The summed E-state index contributed by atoms with van der Waals surface area (Å²) in [5, 5.41) is 6.93. The third kappa shape index (κ3) is 2.06. The molecule has 0 unspecified atom stereocenters. The van der Waals surface area contributed by atoms with Crippen molar-refractivity contribution >= 4 is 29.0 Å². The van der Waals surface area contributed by atoms with Gasteiger partial charge in [0.05, 0.1) is 17.1 Å². The topological polar surface area (TPSA) is 75.0 Å². The first-order valence-electron chi connectivity index (χ1n) is 6.58. The maximum Gasteiger partial charge on any atom is 0.280 e. The molecule has 5 nitrogen and oxygen atoms in total. The number of H-pyrrole nitrogens is 1. The van der Waals surface area contributed by atoms with E-state index >= 15 is 0 Å². The lowest BCUT2D eigenvalue weighted by Crippen LogP contribution is -2.36. The van der Waals surface area contributed by atoms with Crippen molar-refractivity contribution in [1.82, 2.24) is 10.2 Å². The van der Waals surface area contributed by atoms with Gasteiger partial charge in [-0.2, -0.15) is 5.10 Å². The second kappa shape index (κ2) is 5.20. The van der Waals surface area contributed by atoms with Gasteiger partial charge in [-0.25, -0.2) is 0 Å². The Morgan fingerprint density at radius 3 is 3.05 bits per heavy atom. The SMILES string of the molecule is CCc1[nH]nc(C(=O)N2CCSc3ccccc32)c1N. The summed E-state index contributed by atoms with van der Waals surface area (Å²) in [5.74, 6) is 0.750. The molecule has 0 spiro atoms. The molecule has 0 saturated carbocycles. The van der Waals surface area contributed by atoms with Gasteiger partial charge >= 0.3 is 0 Å². The highest BCUT2D eigenvalue weighted by Crippen LogP contribution is 2.35. The fourth-order valence-corrected chi connectivity index (χ4v) is 3.32. The van der Waals surface area contributed by atoms with E-state index in [1.165, 1.54) is 0 Å². The first-order chi connectivity index (χ1) is 9.72. The molecule has 0 radical (unpaired) electrons. The van der Waals surface area contributed by atoms with Gasteiger partial charge in [-0.1, -0.05) is 19.1 Å². The molecule has 2 heterocycles. The molecular weight excluding hydrogens is 272 g/mol. The Hall–Kier alpha value is -1.95. The molecule has 0 aliphatic carbocycles. The number of carbonyl (C=O) groups excluding carboxylic acids is 1. The molecule has 1 aliphatic heterocycles. The average molecular weight is 288 g/mol. The minimum Gasteiger partial charge on any atom is -0.395 e. The highest BCUT2D eigenvalue weighted by Gasteiger charge is 2.27. The Morgan fingerprint density at radius 1 is 1.50 bits per heavy atom. The van der Waals surface area contributed by atoms with Gasteiger partial charge in [-0.3, -0.25) is 9.89 Å². The molecule has 1 aromatic heterocycles. The van der Waals surface area contributed by atoms with Crippen molar-refractivity contribution < 1.29 is 4.79 Å². The first kappa shape index (κ1) is 13.1. The number of fused-ring (bicyclic) bond motifs is 1. The van der Waals surface area contributed by atoms with Crippen LogP contribution in [0.3, 0.4) is 0 Å². The number of rotatable bonds is 2. The molecule has 1 aliphatic rings. The summed E-state index contributed by atoms with van der Waals surface area (Å²) in [6.45, 7) is 2.65. The summed E-state index contributed by atoms with van der Waals surface area (Å²) in [5.41, 5.74) is 8.54. The summed E-state index contributed by atoms with van der Waals surface area (Å²) in [7, 11) is 0. The Kier molecular flexibility index (Phi) is 3.40. The number of nitrogens with zero attached hydrogens (tertiary/aromatic N) is 2. The Balaban J connectivity index is 1.97. The third-order valence-corrected chi connectivity index (χ3v) is 4.46. The van der Waals surface area contributed by atoms with Gasteiger partial charge in [0.15, 0.2) is 5.69 Å². The molecule has 0 fully saturated rings. The number of nitrogens with two attached hydrogens (primary N) is 1. The van der Waals surface area contributed by atoms with Crippen LogP contribution in [0.2, 0.25) is 0 Å². The van der Waals surface area contributed by atoms with Gasteiger partial charge in [0.1, 0.15) is 0 Å². The van der Waals surface area contributed by atoms with Gasteiger partial charge in [0.2, 0.25) is 0 Å². The van der Waals surface area contributed by atoms with Crippen LogP contribution in [0.25, 0.3) is 0 Å². The summed E-state index contributed by atoms with van der Waals surface area (Å²) in [4.78, 5) is 15.6. The Bertz CT molecular complexity index is 652. The van der Waals surface area contributed by atoms with E-state index in [-0.39, 0.29) is 5.91 Å². The first-order valence-corrected chi connectivity index (χ1v) is 7.57. The zero-order valence-corrected chi connectivity index (χ0v) is 12.0. The zero-order valence-electron chi connectivity index (χ0n) is 11.2. The quantitative estimate of drug-likeness (QED) is 0.889. The van der Waals surface area contributed by atoms with Crippen molar-refractivity contribution in [1.29, 1.82) is 0 Å². The lowest BCUT2D eigenvalue weighted by molar-refractivity contribution is 0.0983. The number of nitrogens with one attached hydrogen (secondary N) is 1. The molecule has 104 valence electrons. The molecule has 3 N–H and O–H groups in total. The summed E-state index contributed by atoms with van der Waals surface area (Å²) < 4.78 is 0. The molecule has 1 amide bonds. The zero-order chi connectivity index (χ0) is 14.1. The number of aromatic nitrogens is 2. The largest absolute Gasteiger partial charge is 0.395 e. The number of nitrogen functional groups attached to an aromatic ring is 1. The molecule has 0 saturated heterocycles. The third-order valence-electron chi connectivity index (χ3n) is 3.41. The van der Waals surface area contributed by atoms with Crippen molar-refractivity contribution in [3.8, 4) is 0 Å². The minimum absolute atomic E-state index is 0.133. The molecule has 1 aromatic carbocycles. The Labute approximate surface area is 121 Å². The van der Waals surface area contributed by atoms with Crippen molar-refractivity contribution in [2.75, 3.05) is 22.9 Å². The molecule has 3 rings (SSSR count). The molecule has 0 bridgehead atoms. The number of benzene rings is 1. The van der Waals surface area contributed by atoms with E-state index in [0.717, 1.165) is 28.5 Å². The predicted octanol–water partition coefficient (Wildman–Crippen LogP) is 2.31. The number of aromatic amines is 1. The molecule has 20 heavy (non-hydrogen) atoms. The molecule has 2 aromatic rings. The van der Waals surface area contributed by atoms with Gasteiger partial charge in [0.25, 0.3) is 5.91 Å². The molecule has 0 atom stereocenters. The van der Waals surface area contributed by atoms with E-state index < -0.39 is 0 Å². The number of carbonyl (C=O) groups is 1. The molecular formula is C14H16N4OS. The summed E-state index contributed by atoms with van der Waals surface area (Å²) in [6, 6.07) is 7.92. The molecule has 6 heteroatoms. The van der Waals surface area contributed by atoms with Crippen LogP contribution in [0.4, 0.5) is 11.4 Å². The van der Waals surface area contributed by atoms with E-state index in [1.54, 1.807) is 16.7 Å². The number of amides is 1. The smallest absolute Gasteiger partial charge is 0.280 e. The van der Waals surface area contributed by atoms with Crippen LogP contribution >= 0.6 is 11.8 Å². The highest BCUT2D eigenvalue weighted by atomic mass is 32.2.